The van der Waals surface area contributed by atoms with Crippen LogP contribution in [0.1, 0.15) is 60.3 Å². The third-order valence-electron chi connectivity index (χ3n) is 8.49. The van der Waals surface area contributed by atoms with Crippen molar-refractivity contribution in [2.24, 2.45) is 0 Å². The molecule has 1 N–H and O–H groups in total. The molecule has 0 saturated carbocycles. The summed E-state index contributed by atoms with van der Waals surface area (Å²) >= 11 is 3.85. The summed E-state index contributed by atoms with van der Waals surface area (Å²) in [7, 11) is 0. The molecule has 2 heterocycles. The van der Waals surface area contributed by atoms with Crippen LogP contribution in [0.25, 0.3) is 0 Å². The summed E-state index contributed by atoms with van der Waals surface area (Å²) in [6.07, 6.45) is 4.91. The second-order valence-corrected chi connectivity index (χ2v) is 11.4. The molecule has 0 aromatic heterocycles. The van der Waals surface area contributed by atoms with Crippen molar-refractivity contribution in [1.82, 2.24) is 15.1 Å². The van der Waals surface area contributed by atoms with Gasteiger partial charge < -0.3 is 15.1 Å². The van der Waals surface area contributed by atoms with Crippen molar-refractivity contribution < 1.29 is 9.59 Å². The van der Waals surface area contributed by atoms with Crippen molar-refractivity contribution >= 4 is 27.7 Å². The van der Waals surface area contributed by atoms with Crippen LogP contribution in [-0.2, 0) is 21.4 Å². The van der Waals surface area contributed by atoms with E-state index in [0.717, 1.165) is 69.4 Å². The Morgan fingerprint density at radius 2 is 1.69 bits per heavy atom. The Morgan fingerprint density at radius 1 is 0.971 bits per heavy atom. The number of aryl methyl sites for hydroxylation is 2. The Kier molecular flexibility index (Phi) is 7.31. The number of fused-ring (bicyclic) bond motifs is 2. The first-order chi connectivity index (χ1) is 17.0. The maximum Gasteiger partial charge on any atom is 0.223 e. The molecule has 3 aliphatic rings. The molecule has 5 nitrogen and oxygen atoms in total. The highest BCUT2D eigenvalue weighted by atomic mass is 79.9. The van der Waals surface area contributed by atoms with Crippen molar-refractivity contribution in [3.8, 4) is 0 Å². The zero-order valence-electron chi connectivity index (χ0n) is 20.7. The van der Waals surface area contributed by atoms with Gasteiger partial charge in [-0.3, -0.25) is 9.59 Å². The van der Waals surface area contributed by atoms with E-state index in [4.69, 9.17) is 0 Å². The summed E-state index contributed by atoms with van der Waals surface area (Å²) in [5.41, 5.74) is 5.30. The molecule has 2 aromatic carbocycles. The second kappa shape index (κ2) is 10.4. The summed E-state index contributed by atoms with van der Waals surface area (Å²) < 4.78 is 1.16. The zero-order chi connectivity index (χ0) is 24.4. The number of amides is 2. The van der Waals surface area contributed by atoms with Crippen LogP contribution >= 0.6 is 15.9 Å². The van der Waals surface area contributed by atoms with Crippen molar-refractivity contribution in [2.75, 3.05) is 39.3 Å². The predicted octanol–water partition coefficient (Wildman–Crippen LogP) is 4.56. The summed E-state index contributed by atoms with van der Waals surface area (Å²) in [6.45, 7) is 7.09. The topological polar surface area (TPSA) is 52.7 Å². The highest BCUT2D eigenvalue weighted by molar-refractivity contribution is 9.10. The van der Waals surface area contributed by atoms with Gasteiger partial charge in [0.05, 0.1) is 0 Å². The molecule has 1 spiro atoms. The number of nitrogens with zero attached hydrogens (tertiary/aromatic N) is 2. The van der Waals surface area contributed by atoms with Gasteiger partial charge >= 0.3 is 0 Å². The fourth-order valence-electron chi connectivity index (χ4n) is 6.49. The predicted molar refractivity (Wildman–Crippen MR) is 143 cm³/mol. The first-order valence-electron chi connectivity index (χ1n) is 13.1. The van der Waals surface area contributed by atoms with Gasteiger partial charge in [0.15, 0.2) is 0 Å². The fourth-order valence-corrected chi connectivity index (χ4v) is 7.29. The third kappa shape index (κ3) is 5.05. The molecule has 1 atom stereocenters. The smallest absolute Gasteiger partial charge is 0.223 e. The number of carbonyl (C=O) groups excluding carboxylic acids is 2. The van der Waals surface area contributed by atoms with Gasteiger partial charge in [0.1, 0.15) is 0 Å². The van der Waals surface area contributed by atoms with Crippen molar-refractivity contribution in [1.29, 1.82) is 0 Å². The number of piperidine rings is 1. The van der Waals surface area contributed by atoms with Gasteiger partial charge in [0, 0.05) is 62.0 Å². The number of carbonyl (C=O) groups is 2. The first-order valence-corrected chi connectivity index (χ1v) is 13.9. The number of hydrogen-bond acceptors (Lipinski definition) is 3. The summed E-state index contributed by atoms with van der Waals surface area (Å²) in [6, 6.07) is 14.8. The highest BCUT2D eigenvalue weighted by Crippen LogP contribution is 2.55. The first kappa shape index (κ1) is 24.5. The molecule has 2 saturated heterocycles. The minimum absolute atomic E-state index is 0.0522. The molecule has 2 amide bonds. The number of benzene rings is 2. The van der Waals surface area contributed by atoms with E-state index in [1.807, 2.05) is 11.0 Å². The van der Waals surface area contributed by atoms with Crippen LogP contribution in [0, 0.1) is 6.92 Å². The van der Waals surface area contributed by atoms with Crippen LogP contribution in [0.3, 0.4) is 0 Å². The molecule has 2 fully saturated rings. The van der Waals surface area contributed by atoms with Crippen LogP contribution in [0.5, 0.6) is 0 Å². The van der Waals surface area contributed by atoms with Crippen LogP contribution < -0.4 is 5.32 Å². The van der Waals surface area contributed by atoms with Crippen LogP contribution in [0.15, 0.2) is 46.9 Å². The SMILES string of the molecule is Cc1ccccc1CCC(=O)N1CCC2(CC1)CC(CC(=O)N1CCNCC1)c1cccc(Br)c12. The van der Waals surface area contributed by atoms with Crippen molar-refractivity contribution in [2.45, 2.75) is 56.8 Å². The number of halogens is 1. The standard InChI is InChI=1S/C29H36BrN3O2/c1-21-5-2-3-6-22(21)9-10-26(34)32-15-11-29(12-16-32)20-23(24-7-4-8-25(30)28(24)29)19-27(35)33-17-13-31-14-18-33/h2-8,23,31H,9-20H2,1H3. The molecule has 6 heteroatoms. The molecule has 0 radical (unpaired) electrons. The molecule has 2 aliphatic heterocycles. The van der Waals surface area contributed by atoms with E-state index in [9.17, 15) is 9.59 Å². The molecule has 0 bridgehead atoms. The third-order valence-corrected chi connectivity index (χ3v) is 9.15. The second-order valence-electron chi connectivity index (χ2n) is 10.5. The van der Waals surface area contributed by atoms with Gasteiger partial charge in [-0.2, -0.15) is 0 Å². The average molecular weight is 539 g/mol. The molecule has 186 valence electrons. The number of likely N-dealkylation sites (tertiary alicyclic amines) is 1. The molecule has 2 aromatic rings. The van der Waals surface area contributed by atoms with Gasteiger partial charge in [-0.1, -0.05) is 52.3 Å². The van der Waals surface area contributed by atoms with Crippen LogP contribution in [0.2, 0.25) is 0 Å². The number of hydrogen-bond donors (Lipinski definition) is 1. The Hall–Kier alpha value is -2.18. The van der Waals surface area contributed by atoms with Crippen molar-refractivity contribution in [3.63, 3.8) is 0 Å². The lowest BCUT2D eigenvalue weighted by atomic mass is 9.73. The number of rotatable bonds is 5. The minimum Gasteiger partial charge on any atom is -0.343 e. The van der Waals surface area contributed by atoms with Gasteiger partial charge in [0.25, 0.3) is 0 Å². The number of piperazine rings is 1. The van der Waals surface area contributed by atoms with E-state index in [0.29, 0.717) is 12.8 Å². The Morgan fingerprint density at radius 3 is 2.43 bits per heavy atom. The maximum atomic E-state index is 13.1. The maximum absolute atomic E-state index is 13.1. The molecular formula is C29H36BrN3O2. The van der Waals surface area contributed by atoms with E-state index in [1.54, 1.807) is 0 Å². The van der Waals surface area contributed by atoms with E-state index < -0.39 is 0 Å². The van der Waals surface area contributed by atoms with E-state index in [2.05, 4.69) is 69.5 Å². The largest absolute Gasteiger partial charge is 0.343 e. The minimum atomic E-state index is 0.0522. The molecular weight excluding hydrogens is 502 g/mol. The Bertz CT molecular complexity index is 1090. The normalized spacial score (nSPS) is 21.3. The lowest BCUT2D eigenvalue weighted by Crippen LogP contribution is -2.46. The number of nitrogens with one attached hydrogen (secondary N) is 1. The van der Waals surface area contributed by atoms with E-state index >= 15 is 0 Å². The monoisotopic (exact) mass is 537 g/mol. The zero-order valence-corrected chi connectivity index (χ0v) is 22.3. The summed E-state index contributed by atoms with van der Waals surface area (Å²) in [5, 5.41) is 3.33. The summed E-state index contributed by atoms with van der Waals surface area (Å²) in [4.78, 5) is 30.2. The quantitative estimate of drug-likeness (QED) is 0.608. The van der Waals surface area contributed by atoms with Crippen LogP contribution in [0.4, 0.5) is 0 Å². The molecule has 1 aliphatic carbocycles. The molecule has 35 heavy (non-hydrogen) atoms. The van der Waals surface area contributed by atoms with Gasteiger partial charge in [-0.05, 0) is 66.8 Å². The summed E-state index contributed by atoms with van der Waals surface area (Å²) in [5.74, 6) is 0.801. The van der Waals surface area contributed by atoms with Gasteiger partial charge in [-0.25, -0.2) is 0 Å². The lowest BCUT2D eigenvalue weighted by molar-refractivity contribution is -0.132. The van der Waals surface area contributed by atoms with E-state index in [-0.39, 0.29) is 23.1 Å². The Balaban J connectivity index is 1.25. The average Bonchev–Trinajstić information content (AvgIpc) is 3.18. The van der Waals surface area contributed by atoms with E-state index in [1.165, 1.54) is 22.3 Å². The van der Waals surface area contributed by atoms with Crippen LogP contribution in [-0.4, -0.2) is 60.9 Å². The van der Waals surface area contributed by atoms with Gasteiger partial charge in [0.2, 0.25) is 11.8 Å². The molecule has 1 unspecified atom stereocenters. The lowest BCUT2D eigenvalue weighted by Gasteiger charge is -2.41. The fraction of sp³-hybridized carbons (Fsp3) is 0.517. The highest BCUT2D eigenvalue weighted by Gasteiger charge is 2.47. The molecule has 5 rings (SSSR count). The Labute approximate surface area is 217 Å². The van der Waals surface area contributed by atoms with Gasteiger partial charge in [-0.15, -0.1) is 0 Å². The van der Waals surface area contributed by atoms with Crippen molar-refractivity contribution in [3.05, 3.63) is 69.2 Å².